The normalized spacial score (nSPS) is 17.7. The molecule has 1 aliphatic rings. The van der Waals surface area contributed by atoms with E-state index in [1.54, 1.807) is 0 Å². The number of aromatic hydroxyl groups is 1. The molecule has 0 radical (unpaired) electrons. The number of phenols is 1. The van der Waals surface area contributed by atoms with E-state index in [1.807, 2.05) is 6.07 Å². The molecule has 1 aromatic rings. The fourth-order valence-corrected chi connectivity index (χ4v) is 4.94. The Hall–Kier alpha value is -1.18. The third-order valence-corrected chi connectivity index (χ3v) is 6.81. The van der Waals surface area contributed by atoms with Crippen molar-refractivity contribution in [3.63, 3.8) is 0 Å². The quantitative estimate of drug-likeness (QED) is 0.307. The van der Waals surface area contributed by atoms with E-state index in [4.69, 9.17) is 4.74 Å². The van der Waals surface area contributed by atoms with E-state index in [1.165, 1.54) is 76.2 Å². The molecule has 1 aromatic carbocycles. The molecule has 0 saturated heterocycles. The molecule has 0 bridgehead atoms. The molecular weight excluding hydrogens is 368 g/mol. The maximum Gasteiger partial charge on any atom is 0.124 e. The number of unbranched alkanes of at least 4 members (excludes halogenated alkanes) is 11. The number of fused-ring (bicyclic) bond motifs is 1. The van der Waals surface area contributed by atoms with E-state index < -0.39 is 0 Å². The summed E-state index contributed by atoms with van der Waals surface area (Å²) in [5.74, 6) is 2.46. The van der Waals surface area contributed by atoms with Crippen LogP contribution in [0.5, 0.6) is 11.5 Å². The Balaban J connectivity index is 1.70. The zero-order valence-electron chi connectivity index (χ0n) is 20.6. The van der Waals surface area contributed by atoms with Crippen molar-refractivity contribution < 1.29 is 9.84 Å². The molecule has 0 saturated carbocycles. The van der Waals surface area contributed by atoms with Gasteiger partial charge < -0.3 is 9.84 Å². The first-order valence-electron chi connectivity index (χ1n) is 12.9. The Morgan fingerprint density at radius 3 is 1.97 bits per heavy atom. The number of benzene rings is 1. The molecule has 0 fully saturated rings. The van der Waals surface area contributed by atoms with Crippen molar-refractivity contribution in [2.24, 2.45) is 5.92 Å². The highest BCUT2D eigenvalue weighted by Crippen LogP contribution is 2.46. The summed E-state index contributed by atoms with van der Waals surface area (Å²) in [6.45, 7) is 11.2. The van der Waals surface area contributed by atoms with E-state index >= 15 is 0 Å². The van der Waals surface area contributed by atoms with Gasteiger partial charge in [0, 0.05) is 5.56 Å². The average molecular weight is 417 g/mol. The Kier molecular flexibility index (Phi) is 10.6. The predicted molar refractivity (Wildman–Crippen MR) is 130 cm³/mol. The van der Waals surface area contributed by atoms with Gasteiger partial charge in [0.15, 0.2) is 0 Å². The molecule has 1 atom stereocenters. The van der Waals surface area contributed by atoms with Crippen LogP contribution in [0.3, 0.4) is 0 Å². The molecule has 0 aromatic heterocycles. The molecule has 0 spiro atoms. The lowest BCUT2D eigenvalue weighted by Crippen LogP contribution is -2.36. The highest BCUT2D eigenvalue weighted by Gasteiger charge is 2.35. The lowest BCUT2D eigenvalue weighted by Gasteiger charge is -2.39. The second-order valence-electron chi connectivity index (χ2n) is 10.6. The van der Waals surface area contributed by atoms with Crippen molar-refractivity contribution >= 4 is 0 Å². The molecule has 172 valence electrons. The second kappa shape index (κ2) is 12.6. The maximum absolute atomic E-state index is 10.6. The molecule has 0 aliphatic carbocycles. The standard InChI is InChI=1S/C28H48O2/c1-6-7-8-9-10-11-12-13-14-15-16-17-18-23-19-27-24(20-26(23)29)25(22(2)3)21-28(4,5)30-27/h19-20,22,25,29H,6-18,21H2,1-5H3. The van der Waals surface area contributed by atoms with Gasteiger partial charge in [0.2, 0.25) is 0 Å². The summed E-state index contributed by atoms with van der Waals surface area (Å²) in [5.41, 5.74) is 2.12. The average Bonchev–Trinajstić information content (AvgIpc) is 2.68. The number of phenolic OH excluding ortho intramolecular Hbond substituents is 1. The van der Waals surface area contributed by atoms with Crippen molar-refractivity contribution in [2.45, 2.75) is 136 Å². The molecule has 2 nitrogen and oxygen atoms in total. The minimum atomic E-state index is -0.133. The van der Waals surface area contributed by atoms with Gasteiger partial charge in [0.25, 0.3) is 0 Å². The third kappa shape index (κ3) is 8.16. The molecule has 1 unspecified atom stereocenters. The Morgan fingerprint density at radius 1 is 0.900 bits per heavy atom. The van der Waals surface area contributed by atoms with Crippen LogP contribution in [0.4, 0.5) is 0 Å². The van der Waals surface area contributed by atoms with Gasteiger partial charge in [-0.05, 0) is 62.6 Å². The van der Waals surface area contributed by atoms with Gasteiger partial charge in [-0.1, -0.05) is 91.4 Å². The summed E-state index contributed by atoms with van der Waals surface area (Å²) >= 11 is 0. The maximum atomic E-state index is 10.6. The van der Waals surface area contributed by atoms with Crippen LogP contribution in [0.25, 0.3) is 0 Å². The van der Waals surface area contributed by atoms with Crippen molar-refractivity contribution in [3.8, 4) is 11.5 Å². The van der Waals surface area contributed by atoms with Crippen LogP contribution >= 0.6 is 0 Å². The van der Waals surface area contributed by atoms with Crippen LogP contribution < -0.4 is 4.74 Å². The first-order chi connectivity index (χ1) is 14.3. The largest absolute Gasteiger partial charge is 0.508 e. The monoisotopic (exact) mass is 416 g/mol. The van der Waals surface area contributed by atoms with Gasteiger partial charge in [-0.2, -0.15) is 0 Å². The molecule has 2 heteroatoms. The first-order valence-corrected chi connectivity index (χ1v) is 12.9. The van der Waals surface area contributed by atoms with E-state index in [-0.39, 0.29) is 5.60 Å². The zero-order valence-corrected chi connectivity index (χ0v) is 20.6. The number of ether oxygens (including phenoxy) is 1. The van der Waals surface area contributed by atoms with Gasteiger partial charge in [0.1, 0.15) is 17.1 Å². The molecule has 30 heavy (non-hydrogen) atoms. The minimum absolute atomic E-state index is 0.133. The Labute approximate surface area is 186 Å². The molecule has 1 N–H and O–H groups in total. The summed E-state index contributed by atoms with van der Waals surface area (Å²) in [6, 6.07) is 4.12. The molecule has 2 rings (SSSR count). The van der Waals surface area contributed by atoms with Crippen LogP contribution in [0.2, 0.25) is 0 Å². The highest BCUT2D eigenvalue weighted by molar-refractivity contribution is 5.49. The first kappa shape index (κ1) is 25.1. The molecule has 1 heterocycles. The number of aryl methyl sites for hydroxylation is 1. The topological polar surface area (TPSA) is 29.5 Å². The van der Waals surface area contributed by atoms with Gasteiger partial charge >= 0.3 is 0 Å². The summed E-state index contributed by atoms with van der Waals surface area (Å²) < 4.78 is 6.30. The number of hydrogen-bond acceptors (Lipinski definition) is 2. The Bertz CT molecular complexity index is 617. The van der Waals surface area contributed by atoms with Crippen molar-refractivity contribution in [1.29, 1.82) is 0 Å². The molecule has 0 amide bonds. The third-order valence-electron chi connectivity index (χ3n) is 6.81. The van der Waals surface area contributed by atoms with E-state index in [9.17, 15) is 5.11 Å². The van der Waals surface area contributed by atoms with Crippen molar-refractivity contribution in [3.05, 3.63) is 23.3 Å². The number of rotatable bonds is 14. The van der Waals surface area contributed by atoms with Crippen LogP contribution in [0.1, 0.15) is 135 Å². The second-order valence-corrected chi connectivity index (χ2v) is 10.6. The minimum Gasteiger partial charge on any atom is -0.508 e. The van der Waals surface area contributed by atoms with E-state index in [0.717, 1.165) is 30.6 Å². The SMILES string of the molecule is CCCCCCCCCCCCCCc1cc2c(cc1O)C(C(C)C)CC(C)(C)O2. The molecular formula is C28H48O2. The van der Waals surface area contributed by atoms with E-state index in [2.05, 4.69) is 40.7 Å². The van der Waals surface area contributed by atoms with Gasteiger partial charge in [-0.3, -0.25) is 0 Å². The van der Waals surface area contributed by atoms with Crippen molar-refractivity contribution in [1.82, 2.24) is 0 Å². The van der Waals surface area contributed by atoms with Gasteiger partial charge in [0.05, 0.1) is 0 Å². The zero-order chi connectivity index (χ0) is 22.0. The van der Waals surface area contributed by atoms with Gasteiger partial charge in [-0.15, -0.1) is 0 Å². The lowest BCUT2D eigenvalue weighted by molar-refractivity contribution is 0.0637. The number of hydrogen-bond donors (Lipinski definition) is 1. The van der Waals surface area contributed by atoms with Crippen LogP contribution in [0, 0.1) is 5.92 Å². The van der Waals surface area contributed by atoms with Crippen LogP contribution in [0.15, 0.2) is 12.1 Å². The lowest BCUT2D eigenvalue weighted by atomic mass is 9.77. The van der Waals surface area contributed by atoms with E-state index in [0.29, 0.717) is 17.6 Å². The summed E-state index contributed by atoms with van der Waals surface area (Å²) in [5, 5.41) is 10.6. The summed E-state index contributed by atoms with van der Waals surface area (Å²) in [4.78, 5) is 0. The van der Waals surface area contributed by atoms with Crippen LogP contribution in [-0.4, -0.2) is 10.7 Å². The van der Waals surface area contributed by atoms with Crippen molar-refractivity contribution in [2.75, 3.05) is 0 Å². The molecule has 1 aliphatic heterocycles. The van der Waals surface area contributed by atoms with Crippen LogP contribution in [-0.2, 0) is 6.42 Å². The smallest absolute Gasteiger partial charge is 0.124 e. The summed E-state index contributed by atoms with van der Waals surface area (Å²) in [6.07, 6.45) is 18.3. The highest BCUT2D eigenvalue weighted by atomic mass is 16.5. The fraction of sp³-hybridized carbons (Fsp3) is 0.786. The van der Waals surface area contributed by atoms with Gasteiger partial charge in [-0.25, -0.2) is 0 Å². The Morgan fingerprint density at radius 2 is 1.43 bits per heavy atom. The summed E-state index contributed by atoms with van der Waals surface area (Å²) in [7, 11) is 0. The predicted octanol–water partition coefficient (Wildman–Crippen LogP) is 8.94. The fourth-order valence-electron chi connectivity index (χ4n) is 4.94.